The standard InChI is InChI=1S/C12H27NO2S/c1-6-9-13-12(11(7-2)8-3)10(4)16(5,14)15/h10-13H,6-9H2,1-5H3. The molecule has 2 unspecified atom stereocenters. The third-order valence-corrected chi connectivity index (χ3v) is 5.01. The lowest BCUT2D eigenvalue weighted by Gasteiger charge is -2.30. The van der Waals surface area contributed by atoms with Gasteiger partial charge in [0.15, 0.2) is 9.84 Å². The highest BCUT2D eigenvalue weighted by Crippen LogP contribution is 2.20. The van der Waals surface area contributed by atoms with Gasteiger partial charge in [0.05, 0.1) is 5.25 Å². The summed E-state index contributed by atoms with van der Waals surface area (Å²) < 4.78 is 23.3. The van der Waals surface area contributed by atoms with Crippen LogP contribution in [0.25, 0.3) is 0 Å². The maximum Gasteiger partial charge on any atom is 0.151 e. The largest absolute Gasteiger partial charge is 0.312 e. The Hall–Kier alpha value is -0.0900. The molecule has 3 nitrogen and oxygen atoms in total. The summed E-state index contributed by atoms with van der Waals surface area (Å²) >= 11 is 0. The zero-order chi connectivity index (χ0) is 12.8. The predicted molar refractivity (Wildman–Crippen MR) is 70.5 cm³/mol. The van der Waals surface area contributed by atoms with Crippen LogP contribution in [-0.4, -0.2) is 32.5 Å². The Balaban J connectivity index is 4.77. The highest BCUT2D eigenvalue weighted by atomic mass is 32.2. The summed E-state index contributed by atoms with van der Waals surface area (Å²) in [5, 5.41) is 3.10. The first-order chi connectivity index (χ1) is 7.38. The third kappa shape index (κ3) is 4.83. The van der Waals surface area contributed by atoms with Gasteiger partial charge in [0, 0.05) is 12.3 Å². The topological polar surface area (TPSA) is 46.2 Å². The van der Waals surface area contributed by atoms with E-state index >= 15 is 0 Å². The van der Waals surface area contributed by atoms with Crippen LogP contribution in [0.2, 0.25) is 0 Å². The van der Waals surface area contributed by atoms with Crippen molar-refractivity contribution < 1.29 is 8.42 Å². The molecule has 4 heteroatoms. The predicted octanol–water partition coefficient (Wildman–Crippen LogP) is 2.22. The van der Waals surface area contributed by atoms with Crippen molar-refractivity contribution in [2.75, 3.05) is 12.8 Å². The van der Waals surface area contributed by atoms with Gasteiger partial charge in [-0.25, -0.2) is 8.42 Å². The molecule has 0 aliphatic heterocycles. The van der Waals surface area contributed by atoms with Crippen LogP contribution in [0.3, 0.4) is 0 Å². The molecular weight excluding hydrogens is 222 g/mol. The van der Waals surface area contributed by atoms with Crippen LogP contribution in [0.4, 0.5) is 0 Å². The third-order valence-electron chi connectivity index (χ3n) is 3.37. The molecule has 0 rings (SSSR count). The zero-order valence-corrected chi connectivity index (χ0v) is 12.1. The highest BCUT2D eigenvalue weighted by Gasteiger charge is 2.30. The summed E-state index contributed by atoms with van der Waals surface area (Å²) in [6.45, 7) is 9.07. The highest BCUT2D eigenvalue weighted by molar-refractivity contribution is 7.91. The van der Waals surface area contributed by atoms with E-state index in [2.05, 4.69) is 26.1 Å². The van der Waals surface area contributed by atoms with Gasteiger partial charge in [0.2, 0.25) is 0 Å². The summed E-state index contributed by atoms with van der Waals surface area (Å²) in [5.41, 5.74) is 0. The molecule has 0 aromatic rings. The van der Waals surface area contributed by atoms with Gasteiger partial charge >= 0.3 is 0 Å². The van der Waals surface area contributed by atoms with Crippen molar-refractivity contribution in [1.29, 1.82) is 0 Å². The minimum atomic E-state index is -2.96. The maximum absolute atomic E-state index is 11.6. The molecule has 0 heterocycles. The van der Waals surface area contributed by atoms with Crippen molar-refractivity contribution in [2.45, 2.75) is 58.2 Å². The molecule has 1 N–H and O–H groups in total. The summed E-state index contributed by atoms with van der Waals surface area (Å²) in [6, 6.07) is 0.0879. The van der Waals surface area contributed by atoms with E-state index in [1.165, 1.54) is 6.26 Å². The van der Waals surface area contributed by atoms with E-state index < -0.39 is 9.84 Å². The molecule has 0 radical (unpaired) electrons. The molecule has 0 saturated carbocycles. The first-order valence-corrected chi connectivity index (χ1v) is 8.26. The van der Waals surface area contributed by atoms with Crippen LogP contribution >= 0.6 is 0 Å². The number of sulfone groups is 1. The Labute approximate surface area is 101 Å². The van der Waals surface area contributed by atoms with Crippen molar-refractivity contribution in [3.63, 3.8) is 0 Å². The molecule has 0 spiro atoms. The quantitative estimate of drug-likeness (QED) is 0.717. The second-order valence-corrected chi connectivity index (χ2v) is 6.99. The van der Waals surface area contributed by atoms with Gasteiger partial charge in [0.25, 0.3) is 0 Å². The number of hydrogen-bond donors (Lipinski definition) is 1. The summed E-state index contributed by atoms with van der Waals surface area (Å²) in [5.74, 6) is 0.441. The second kappa shape index (κ2) is 7.28. The molecule has 98 valence electrons. The van der Waals surface area contributed by atoms with Crippen molar-refractivity contribution >= 4 is 9.84 Å². The molecule has 0 bridgehead atoms. The van der Waals surface area contributed by atoms with Gasteiger partial charge in [-0.3, -0.25) is 0 Å². The average molecular weight is 249 g/mol. The summed E-state index contributed by atoms with van der Waals surface area (Å²) in [6.07, 6.45) is 4.42. The van der Waals surface area contributed by atoms with E-state index in [1.54, 1.807) is 0 Å². The Kier molecular flexibility index (Phi) is 7.24. The van der Waals surface area contributed by atoms with Crippen molar-refractivity contribution in [2.24, 2.45) is 5.92 Å². The fraction of sp³-hybridized carbons (Fsp3) is 1.00. The molecule has 16 heavy (non-hydrogen) atoms. The Morgan fingerprint density at radius 1 is 1.12 bits per heavy atom. The van der Waals surface area contributed by atoms with Crippen LogP contribution in [0, 0.1) is 5.92 Å². The molecule has 0 saturated heterocycles. The van der Waals surface area contributed by atoms with Gasteiger partial charge in [0.1, 0.15) is 0 Å². The number of hydrogen-bond acceptors (Lipinski definition) is 3. The normalized spacial score (nSPS) is 16.4. The van der Waals surface area contributed by atoms with E-state index in [-0.39, 0.29) is 11.3 Å². The van der Waals surface area contributed by atoms with E-state index in [0.29, 0.717) is 5.92 Å². The minimum absolute atomic E-state index is 0.0879. The monoisotopic (exact) mass is 249 g/mol. The lowest BCUT2D eigenvalue weighted by Crippen LogP contribution is -2.47. The van der Waals surface area contributed by atoms with Crippen molar-refractivity contribution in [1.82, 2.24) is 5.32 Å². The molecule has 0 aromatic carbocycles. The molecule has 0 aliphatic carbocycles. The molecule has 2 atom stereocenters. The van der Waals surface area contributed by atoms with Crippen LogP contribution in [-0.2, 0) is 9.84 Å². The van der Waals surface area contributed by atoms with Gasteiger partial charge in [-0.05, 0) is 25.8 Å². The lowest BCUT2D eigenvalue weighted by molar-refractivity contribution is 0.326. The fourth-order valence-corrected chi connectivity index (χ4v) is 2.94. The Bertz CT molecular complexity index is 271. The SMILES string of the molecule is CCCNC(C(CC)CC)C(C)S(C)(=O)=O. The van der Waals surface area contributed by atoms with Crippen LogP contribution < -0.4 is 5.32 Å². The lowest BCUT2D eigenvalue weighted by atomic mass is 9.92. The Morgan fingerprint density at radius 3 is 1.94 bits per heavy atom. The fourth-order valence-electron chi connectivity index (χ4n) is 2.09. The summed E-state index contributed by atoms with van der Waals surface area (Å²) in [4.78, 5) is 0. The van der Waals surface area contributed by atoms with Gasteiger partial charge in [-0.1, -0.05) is 33.6 Å². The van der Waals surface area contributed by atoms with E-state index in [4.69, 9.17) is 0 Å². The zero-order valence-electron chi connectivity index (χ0n) is 11.3. The summed E-state index contributed by atoms with van der Waals surface area (Å²) in [7, 11) is -2.96. The molecule has 0 aromatic heterocycles. The molecule has 0 fully saturated rings. The minimum Gasteiger partial charge on any atom is -0.312 e. The maximum atomic E-state index is 11.6. The van der Waals surface area contributed by atoms with Crippen LogP contribution in [0.5, 0.6) is 0 Å². The molecular formula is C12H27NO2S. The molecule has 0 amide bonds. The first kappa shape index (κ1) is 15.9. The second-order valence-electron chi connectivity index (χ2n) is 4.59. The average Bonchev–Trinajstić information content (AvgIpc) is 2.22. The van der Waals surface area contributed by atoms with E-state index in [0.717, 1.165) is 25.8 Å². The Morgan fingerprint density at radius 2 is 1.62 bits per heavy atom. The smallest absolute Gasteiger partial charge is 0.151 e. The van der Waals surface area contributed by atoms with Gasteiger partial charge in [-0.15, -0.1) is 0 Å². The molecule has 0 aliphatic rings. The van der Waals surface area contributed by atoms with Crippen LogP contribution in [0.15, 0.2) is 0 Å². The number of nitrogens with one attached hydrogen (secondary N) is 1. The van der Waals surface area contributed by atoms with Gasteiger partial charge in [-0.2, -0.15) is 0 Å². The van der Waals surface area contributed by atoms with Crippen molar-refractivity contribution in [3.05, 3.63) is 0 Å². The van der Waals surface area contributed by atoms with Gasteiger partial charge < -0.3 is 5.32 Å². The first-order valence-electron chi connectivity index (χ1n) is 6.30. The van der Waals surface area contributed by atoms with E-state index in [9.17, 15) is 8.42 Å². The number of rotatable bonds is 8. The van der Waals surface area contributed by atoms with Crippen molar-refractivity contribution in [3.8, 4) is 0 Å². The van der Waals surface area contributed by atoms with Crippen LogP contribution in [0.1, 0.15) is 47.0 Å². The van der Waals surface area contributed by atoms with E-state index in [1.807, 2.05) is 6.92 Å².